The molecule has 1 amide bonds. The molecule has 0 spiro atoms. The lowest BCUT2D eigenvalue weighted by Crippen LogP contribution is -2.45. The monoisotopic (exact) mass is 447 g/mol. The van der Waals surface area contributed by atoms with Gasteiger partial charge in [0.05, 0.1) is 22.4 Å². The molecule has 0 unspecified atom stereocenters. The van der Waals surface area contributed by atoms with Crippen LogP contribution in [0.2, 0.25) is 5.02 Å². The van der Waals surface area contributed by atoms with Gasteiger partial charge in [-0.2, -0.15) is 0 Å². The third kappa shape index (κ3) is 3.82. The molecule has 1 N–H and O–H groups in total. The molecule has 1 saturated heterocycles. The van der Waals surface area contributed by atoms with E-state index >= 15 is 0 Å². The average Bonchev–Trinajstić information content (AvgIpc) is 3.08. The van der Waals surface area contributed by atoms with Crippen LogP contribution in [0.1, 0.15) is 29.0 Å². The fraction of sp³-hybridized carbons (Fsp3) is 0.300. The van der Waals surface area contributed by atoms with Crippen molar-refractivity contribution in [3.63, 3.8) is 0 Å². The molecule has 0 aliphatic carbocycles. The second-order valence-corrected chi connectivity index (χ2v) is 8.08. The molecule has 1 aliphatic rings. The number of benzene rings is 1. The van der Waals surface area contributed by atoms with Gasteiger partial charge in [-0.05, 0) is 50.1 Å². The van der Waals surface area contributed by atoms with E-state index < -0.39 is 0 Å². The average molecular weight is 449 g/mol. The Balaban J connectivity index is 1.42. The fourth-order valence-electron chi connectivity index (χ4n) is 3.46. The maximum absolute atomic E-state index is 12.3. The number of hydrogen-bond donors (Lipinski definition) is 1. The van der Waals surface area contributed by atoms with Gasteiger partial charge in [0.25, 0.3) is 5.91 Å². The predicted molar refractivity (Wildman–Crippen MR) is 111 cm³/mol. The summed E-state index contributed by atoms with van der Waals surface area (Å²) in [5.74, 6) is 1.50. The zero-order valence-corrected chi connectivity index (χ0v) is 17.2. The third-order valence-corrected chi connectivity index (χ3v) is 5.70. The Bertz CT molecular complexity index is 996. The lowest BCUT2D eigenvalue weighted by molar-refractivity contribution is 0.0929. The summed E-state index contributed by atoms with van der Waals surface area (Å²) < 4.78 is 6.15. The number of halogens is 2. The van der Waals surface area contributed by atoms with Gasteiger partial charge in [0, 0.05) is 29.0 Å². The first-order valence-electron chi connectivity index (χ1n) is 8.87. The van der Waals surface area contributed by atoms with Crippen molar-refractivity contribution in [2.24, 2.45) is 0 Å². The molecule has 7 heteroatoms. The minimum Gasteiger partial charge on any atom is -0.469 e. The first kappa shape index (κ1) is 18.3. The number of carbonyl (C=O) groups is 1. The summed E-state index contributed by atoms with van der Waals surface area (Å²) in [7, 11) is 0. The first-order valence-corrected chi connectivity index (χ1v) is 10.0. The topological polar surface area (TPSA) is 58.4 Å². The number of hydrogen-bond acceptors (Lipinski definition) is 4. The summed E-state index contributed by atoms with van der Waals surface area (Å²) in [5, 5.41) is 4.75. The molecule has 0 radical (unpaired) electrons. The van der Waals surface area contributed by atoms with Crippen LogP contribution < -0.4 is 10.2 Å². The van der Waals surface area contributed by atoms with Crippen LogP contribution >= 0.6 is 27.5 Å². The molecule has 3 heterocycles. The molecule has 4 rings (SSSR count). The highest BCUT2D eigenvalue weighted by atomic mass is 79.9. The number of nitrogens with zero attached hydrogens (tertiary/aromatic N) is 2. The van der Waals surface area contributed by atoms with Gasteiger partial charge in [0.2, 0.25) is 0 Å². The molecular weight excluding hydrogens is 430 g/mol. The summed E-state index contributed by atoms with van der Waals surface area (Å²) >= 11 is 9.81. The van der Waals surface area contributed by atoms with Gasteiger partial charge >= 0.3 is 0 Å². The molecule has 0 bridgehead atoms. The molecule has 27 heavy (non-hydrogen) atoms. The van der Waals surface area contributed by atoms with E-state index in [1.165, 1.54) is 0 Å². The van der Waals surface area contributed by atoms with E-state index in [4.69, 9.17) is 21.0 Å². The highest BCUT2D eigenvalue weighted by Gasteiger charge is 2.23. The van der Waals surface area contributed by atoms with Crippen molar-refractivity contribution < 1.29 is 9.21 Å². The van der Waals surface area contributed by atoms with Crippen LogP contribution in [-0.2, 0) is 0 Å². The molecule has 3 aromatic rings. The van der Waals surface area contributed by atoms with Crippen LogP contribution in [0.5, 0.6) is 0 Å². The summed E-state index contributed by atoms with van der Waals surface area (Å²) in [4.78, 5) is 19.3. The number of pyridine rings is 1. The molecule has 1 fully saturated rings. The number of rotatable bonds is 3. The Morgan fingerprint density at radius 1 is 1.30 bits per heavy atom. The quantitative estimate of drug-likeness (QED) is 0.616. The predicted octanol–water partition coefficient (Wildman–Crippen LogP) is 4.95. The highest BCUT2D eigenvalue weighted by Crippen LogP contribution is 2.29. The van der Waals surface area contributed by atoms with E-state index in [9.17, 15) is 4.79 Å². The van der Waals surface area contributed by atoms with Gasteiger partial charge in [-0.3, -0.25) is 4.79 Å². The van der Waals surface area contributed by atoms with Crippen molar-refractivity contribution in [3.8, 4) is 0 Å². The molecule has 5 nitrogen and oxygen atoms in total. The summed E-state index contributed by atoms with van der Waals surface area (Å²) in [5.41, 5.74) is 1.41. The lowest BCUT2D eigenvalue weighted by Gasteiger charge is -2.33. The lowest BCUT2D eigenvalue weighted by atomic mass is 10.0. The number of furan rings is 1. The summed E-state index contributed by atoms with van der Waals surface area (Å²) in [6, 6.07) is 9.81. The van der Waals surface area contributed by atoms with Crippen LogP contribution in [0.3, 0.4) is 0 Å². The van der Waals surface area contributed by atoms with E-state index in [1.807, 2.05) is 24.3 Å². The van der Waals surface area contributed by atoms with Gasteiger partial charge < -0.3 is 14.6 Å². The number of amides is 1. The van der Waals surface area contributed by atoms with E-state index in [2.05, 4.69) is 26.1 Å². The normalized spacial score (nSPS) is 15.3. The Labute approximate surface area is 170 Å². The van der Waals surface area contributed by atoms with E-state index in [0.717, 1.165) is 47.1 Å². The van der Waals surface area contributed by atoms with Crippen LogP contribution in [0.25, 0.3) is 10.9 Å². The minimum absolute atomic E-state index is 0.0686. The molecule has 2 aromatic heterocycles. The SMILES string of the molecule is Cc1occc1C(=O)NC1CCN(c2ccc3cc(Br)cc(Cl)c3n2)CC1. The van der Waals surface area contributed by atoms with Gasteiger partial charge in [-0.1, -0.05) is 27.5 Å². The van der Waals surface area contributed by atoms with E-state index in [-0.39, 0.29) is 11.9 Å². The van der Waals surface area contributed by atoms with Gasteiger partial charge in [-0.25, -0.2) is 4.98 Å². The molecular formula is C20H19BrClN3O2. The molecule has 1 aliphatic heterocycles. The van der Waals surface area contributed by atoms with Crippen molar-refractivity contribution in [2.45, 2.75) is 25.8 Å². The van der Waals surface area contributed by atoms with Crippen LogP contribution in [0.4, 0.5) is 5.82 Å². The Kier molecular flexibility index (Phi) is 5.10. The van der Waals surface area contributed by atoms with Crippen molar-refractivity contribution in [1.29, 1.82) is 0 Å². The van der Waals surface area contributed by atoms with Crippen LogP contribution in [0.15, 0.2) is 45.5 Å². The van der Waals surface area contributed by atoms with Crippen molar-refractivity contribution in [2.75, 3.05) is 18.0 Å². The number of carbonyl (C=O) groups excluding carboxylic acids is 1. The Hall–Kier alpha value is -2.05. The first-order chi connectivity index (χ1) is 13.0. The van der Waals surface area contributed by atoms with Crippen molar-refractivity contribution in [1.82, 2.24) is 10.3 Å². The van der Waals surface area contributed by atoms with Gasteiger partial charge in [-0.15, -0.1) is 0 Å². The zero-order chi connectivity index (χ0) is 19.0. The number of fused-ring (bicyclic) bond motifs is 1. The van der Waals surface area contributed by atoms with E-state index in [1.54, 1.807) is 19.3 Å². The van der Waals surface area contributed by atoms with Crippen LogP contribution in [-0.4, -0.2) is 30.0 Å². The number of nitrogens with one attached hydrogen (secondary N) is 1. The van der Waals surface area contributed by atoms with Crippen molar-refractivity contribution in [3.05, 3.63) is 57.4 Å². The largest absolute Gasteiger partial charge is 0.469 e. The molecule has 1 aromatic carbocycles. The zero-order valence-electron chi connectivity index (χ0n) is 14.8. The Morgan fingerprint density at radius 3 is 2.78 bits per heavy atom. The standard InChI is InChI=1S/C20H19BrClN3O2/c1-12-16(6-9-27-12)20(26)23-15-4-7-25(8-5-15)18-3-2-13-10-14(21)11-17(22)19(13)24-18/h2-3,6,9-11,15H,4-5,7-8H2,1H3,(H,23,26). The van der Waals surface area contributed by atoms with Crippen LogP contribution in [0, 0.1) is 6.92 Å². The van der Waals surface area contributed by atoms with E-state index in [0.29, 0.717) is 16.3 Å². The summed E-state index contributed by atoms with van der Waals surface area (Å²) in [6.07, 6.45) is 3.29. The fourth-order valence-corrected chi connectivity index (χ4v) is 4.34. The molecule has 0 saturated carbocycles. The second-order valence-electron chi connectivity index (χ2n) is 6.75. The highest BCUT2D eigenvalue weighted by molar-refractivity contribution is 9.10. The van der Waals surface area contributed by atoms with Gasteiger partial charge in [0.15, 0.2) is 0 Å². The summed E-state index contributed by atoms with van der Waals surface area (Å²) in [6.45, 7) is 3.47. The van der Waals surface area contributed by atoms with Gasteiger partial charge in [0.1, 0.15) is 11.6 Å². The number of aromatic nitrogens is 1. The van der Waals surface area contributed by atoms with Crippen molar-refractivity contribution >= 4 is 50.2 Å². The second kappa shape index (κ2) is 7.52. The number of piperidine rings is 1. The molecule has 140 valence electrons. The molecule has 0 atom stereocenters. The maximum Gasteiger partial charge on any atom is 0.255 e. The number of aryl methyl sites for hydroxylation is 1. The third-order valence-electron chi connectivity index (χ3n) is 4.95. The number of anilines is 1. The maximum atomic E-state index is 12.3. The Morgan fingerprint density at radius 2 is 2.07 bits per heavy atom. The smallest absolute Gasteiger partial charge is 0.255 e. The minimum atomic E-state index is -0.0686.